The molecule has 6 fully saturated rings. The first-order valence-electron chi connectivity index (χ1n) is 14.2. The SMILES string of the molecule is CC(C)(C)PC(C1C=CC=C1C(P)(C1CCCN1)C1CCCN1)C12CC3CC(CC(C3)C1)C2. The molecule has 0 amide bonds. The molecule has 0 aromatic heterocycles. The first-order valence-corrected chi connectivity index (χ1v) is 15.8. The van der Waals surface area contributed by atoms with E-state index in [9.17, 15) is 0 Å². The van der Waals surface area contributed by atoms with E-state index in [1.165, 1.54) is 38.8 Å². The molecule has 0 radical (unpaired) electrons. The van der Waals surface area contributed by atoms with Crippen molar-refractivity contribution in [3.05, 3.63) is 23.8 Å². The first-order chi connectivity index (χ1) is 15.8. The van der Waals surface area contributed by atoms with Crippen LogP contribution in [0.1, 0.15) is 85.0 Å². The van der Waals surface area contributed by atoms with E-state index in [-0.39, 0.29) is 5.16 Å². The normalized spacial score (nSPS) is 45.3. The third kappa shape index (κ3) is 4.16. The molecule has 6 unspecified atom stereocenters. The Morgan fingerprint density at radius 2 is 1.48 bits per heavy atom. The maximum absolute atomic E-state index is 3.97. The summed E-state index contributed by atoms with van der Waals surface area (Å²) >= 11 is 0. The van der Waals surface area contributed by atoms with Gasteiger partial charge in [0.2, 0.25) is 0 Å². The second-order valence-electron chi connectivity index (χ2n) is 13.9. The van der Waals surface area contributed by atoms with Crippen molar-refractivity contribution < 1.29 is 0 Å². The molecule has 0 aromatic carbocycles. The van der Waals surface area contributed by atoms with Crippen LogP contribution in [-0.2, 0) is 0 Å². The minimum absolute atomic E-state index is 0.157. The van der Waals surface area contributed by atoms with Crippen molar-refractivity contribution in [3.63, 3.8) is 0 Å². The van der Waals surface area contributed by atoms with E-state index in [1.807, 2.05) is 0 Å². The first kappa shape index (κ1) is 23.6. The smallest absolute Gasteiger partial charge is 0.0370 e. The van der Waals surface area contributed by atoms with Gasteiger partial charge in [-0.3, -0.25) is 0 Å². The Morgan fingerprint density at radius 1 is 0.939 bits per heavy atom. The molecule has 4 heteroatoms. The second kappa shape index (κ2) is 8.68. The van der Waals surface area contributed by atoms with E-state index in [2.05, 4.69) is 58.9 Å². The van der Waals surface area contributed by atoms with Gasteiger partial charge in [0.25, 0.3) is 0 Å². The van der Waals surface area contributed by atoms with Crippen LogP contribution < -0.4 is 10.6 Å². The van der Waals surface area contributed by atoms with Crippen molar-refractivity contribution in [3.8, 4) is 0 Å². The topological polar surface area (TPSA) is 24.1 Å². The second-order valence-corrected chi connectivity index (χ2v) is 17.3. The van der Waals surface area contributed by atoms with E-state index in [0.29, 0.717) is 28.6 Å². The summed E-state index contributed by atoms with van der Waals surface area (Å²) in [4.78, 5) is 0. The van der Waals surface area contributed by atoms with Crippen LogP contribution >= 0.6 is 17.8 Å². The Labute approximate surface area is 207 Å². The van der Waals surface area contributed by atoms with Gasteiger partial charge >= 0.3 is 0 Å². The molecule has 5 aliphatic carbocycles. The van der Waals surface area contributed by atoms with Gasteiger partial charge in [0.05, 0.1) is 0 Å². The monoisotopic (exact) mass is 486 g/mol. The molecule has 4 bridgehead atoms. The highest BCUT2D eigenvalue weighted by molar-refractivity contribution is 7.40. The van der Waals surface area contributed by atoms with Gasteiger partial charge in [0.15, 0.2) is 0 Å². The molecule has 7 rings (SSSR count). The predicted octanol–water partition coefficient (Wildman–Crippen LogP) is 6.28. The summed E-state index contributed by atoms with van der Waals surface area (Å²) < 4.78 is 0. The van der Waals surface area contributed by atoms with Crippen molar-refractivity contribution in [1.29, 1.82) is 0 Å². The van der Waals surface area contributed by atoms with Gasteiger partial charge in [-0.15, -0.1) is 17.8 Å². The molecule has 2 N–H and O–H groups in total. The van der Waals surface area contributed by atoms with E-state index >= 15 is 0 Å². The van der Waals surface area contributed by atoms with Crippen LogP contribution in [0.4, 0.5) is 0 Å². The molecule has 6 atom stereocenters. The van der Waals surface area contributed by atoms with Gasteiger partial charge in [-0.1, -0.05) is 39.0 Å². The van der Waals surface area contributed by atoms with Gasteiger partial charge in [-0.05, 0) is 117 Å². The van der Waals surface area contributed by atoms with Gasteiger partial charge in [-0.25, -0.2) is 0 Å². The fourth-order valence-electron chi connectivity index (χ4n) is 9.70. The summed E-state index contributed by atoms with van der Waals surface area (Å²) in [6.45, 7) is 9.95. The van der Waals surface area contributed by atoms with E-state index in [4.69, 9.17) is 0 Å². The van der Waals surface area contributed by atoms with Crippen LogP contribution in [0.15, 0.2) is 23.8 Å². The van der Waals surface area contributed by atoms with Crippen LogP contribution in [0, 0.1) is 29.1 Å². The number of allylic oxidation sites excluding steroid dienone is 3. The summed E-state index contributed by atoms with van der Waals surface area (Å²) in [6.07, 6.45) is 22.3. The zero-order valence-electron chi connectivity index (χ0n) is 21.3. The molecule has 0 spiro atoms. The quantitative estimate of drug-likeness (QED) is 0.432. The Balaban J connectivity index is 1.38. The van der Waals surface area contributed by atoms with Gasteiger partial charge in [-0.2, -0.15) is 0 Å². The molecule has 33 heavy (non-hydrogen) atoms. The Bertz CT molecular complexity index is 746. The number of hydrogen-bond donors (Lipinski definition) is 2. The molecule has 2 aliphatic heterocycles. The van der Waals surface area contributed by atoms with E-state index in [0.717, 1.165) is 32.0 Å². The summed E-state index contributed by atoms with van der Waals surface area (Å²) in [5.41, 5.74) is 3.21. The van der Waals surface area contributed by atoms with Crippen LogP contribution in [0.5, 0.6) is 0 Å². The lowest BCUT2D eigenvalue weighted by atomic mass is 9.47. The molecule has 4 saturated carbocycles. The average molecular weight is 487 g/mol. The Morgan fingerprint density at radius 3 is 1.94 bits per heavy atom. The number of hydrogen-bond acceptors (Lipinski definition) is 2. The van der Waals surface area contributed by atoms with Gasteiger partial charge < -0.3 is 10.6 Å². The summed E-state index contributed by atoms with van der Waals surface area (Å²) in [5, 5.41) is 8.50. The van der Waals surface area contributed by atoms with Crippen LogP contribution in [-0.4, -0.2) is 41.1 Å². The van der Waals surface area contributed by atoms with Crippen molar-refractivity contribution in [2.75, 3.05) is 13.1 Å². The zero-order valence-corrected chi connectivity index (χ0v) is 23.5. The minimum atomic E-state index is 0.157. The Hall–Kier alpha value is 0.260. The lowest BCUT2D eigenvalue weighted by Crippen LogP contribution is -2.59. The molecule has 2 saturated heterocycles. The maximum atomic E-state index is 3.97. The molecular weight excluding hydrogens is 438 g/mol. The fourth-order valence-corrected chi connectivity index (χ4v) is 12.6. The van der Waals surface area contributed by atoms with Crippen LogP contribution in [0.2, 0.25) is 0 Å². The highest BCUT2D eigenvalue weighted by Crippen LogP contribution is 2.67. The van der Waals surface area contributed by atoms with Crippen molar-refractivity contribution >= 4 is 17.8 Å². The Kier molecular flexibility index (Phi) is 6.22. The zero-order chi connectivity index (χ0) is 22.8. The van der Waals surface area contributed by atoms with Crippen LogP contribution in [0.3, 0.4) is 0 Å². The maximum Gasteiger partial charge on any atom is 0.0370 e. The third-order valence-electron chi connectivity index (χ3n) is 10.4. The lowest BCUT2D eigenvalue weighted by Gasteiger charge is -2.62. The highest BCUT2D eigenvalue weighted by atomic mass is 31.1. The van der Waals surface area contributed by atoms with Crippen molar-refractivity contribution in [1.82, 2.24) is 10.6 Å². The highest BCUT2D eigenvalue weighted by Gasteiger charge is 2.58. The molecular formula is C29H48N2P2. The minimum Gasteiger partial charge on any atom is -0.313 e. The fraction of sp³-hybridized carbons (Fsp3) is 0.862. The summed E-state index contributed by atoms with van der Waals surface area (Å²) in [7, 11) is 4.54. The van der Waals surface area contributed by atoms with Crippen molar-refractivity contribution in [2.45, 2.75) is 113 Å². The molecule has 2 nitrogen and oxygen atoms in total. The average Bonchev–Trinajstić information content (AvgIpc) is 3.53. The van der Waals surface area contributed by atoms with E-state index < -0.39 is 0 Å². The standard InChI is InChI=1S/C29H48N2P2/c1-27(2,3)33-26(28-16-19-13-20(17-28)15-21(14-19)18-28)22-7-4-8-23(22)29(32,24-9-5-11-30-24)25-10-6-12-31-25/h4,7-8,19-22,24-26,30-31,33H,5-6,9-18,32H2,1-3H3. The molecule has 0 aromatic rings. The third-order valence-corrected chi connectivity index (χ3v) is 13.7. The van der Waals surface area contributed by atoms with Crippen LogP contribution in [0.25, 0.3) is 0 Å². The number of rotatable bonds is 6. The van der Waals surface area contributed by atoms with E-state index in [1.54, 1.807) is 44.1 Å². The predicted molar refractivity (Wildman–Crippen MR) is 148 cm³/mol. The molecule has 2 heterocycles. The molecule has 7 aliphatic rings. The summed E-state index contributed by atoms with van der Waals surface area (Å²) in [6, 6.07) is 1.20. The molecule has 184 valence electrons. The summed E-state index contributed by atoms with van der Waals surface area (Å²) in [5.74, 6) is 3.75. The van der Waals surface area contributed by atoms with Crippen molar-refractivity contribution in [2.24, 2.45) is 29.1 Å². The van der Waals surface area contributed by atoms with Gasteiger partial charge in [0, 0.05) is 23.2 Å². The van der Waals surface area contributed by atoms with Gasteiger partial charge in [0.1, 0.15) is 0 Å². The lowest BCUT2D eigenvalue weighted by molar-refractivity contribution is -0.0579. The largest absolute Gasteiger partial charge is 0.313 e. The number of nitrogens with one attached hydrogen (secondary N) is 2.